The number of rotatable bonds is 3. The number of hydrogen-bond donors (Lipinski definition) is 1. The molecule has 1 unspecified atom stereocenters. The van der Waals surface area contributed by atoms with E-state index in [1.807, 2.05) is 0 Å². The highest BCUT2D eigenvalue weighted by molar-refractivity contribution is 5.98. The number of nitrogens with zero attached hydrogens (tertiary/aromatic N) is 2. The molecular formula is C19H20N2O6. The average molecular weight is 372 g/mol. The predicted octanol–water partition coefficient (Wildman–Crippen LogP) is 1.87. The van der Waals surface area contributed by atoms with Gasteiger partial charge in [-0.25, -0.2) is 9.78 Å². The van der Waals surface area contributed by atoms with Gasteiger partial charge < -0.3 is 23.9 Å². The first kappa shape index (κ1) is 17.5. The van der Waals surface area contributed by atoms with Gasteiger partial charge in [-0.05, 0) is 24.6 Å². The summed E-state index contributed by atoms with van der Waals surface area (Å²) in [6.07, 6.45) is 1.46. The number of phenolic OH excluding ortho intramolecular Hbond substituents is 1. The van der Waals surface area contributed by atoms with Gasteiger partial charge in [-0.2, -0.15) is 0 Å². The Balaban J connectivity index is 1.54. The fraction of sp³-hybridized carbons (Fsp3) is 0.421. The Labute approximate surface area is 155 Å². The van der Waals surface area contributed by atoms with Gasteiger partial charge in [0.2, 0.25) is 0 Å². The molecule has 1 amide bonds. The molecule has 2 aliphatic rings. The number of esters is 1. The number of amides is 1. The molecule has 1 N–H and O–H groups in total. The van der Waals surface area contributed by atoms with E-state index in [1.54, 1.807) is 4.90 Å². The fourth-order valence-electron chi connectivity index (χ4n) is 3.45. The van der Waals surface area contributed by atoms with Gasteiger partial charge in [-0.1, -0.05) is 0 Å². The zero-order valence-corrected chi connectivity index (χ0v) is 14.9. The Morgan fingerprint density at radius 2 is 2.11 bits per heavy atom. The van der Waals surface area contributed by atoms with E-state index >= 15 is 0 Å². The van der Waals surface area contributed by atoms with Crippen molar-refractivity contribution < 1.29 is 28.6 Å². The van der Waals surface area contributed by atoms with E-state index in [0.717, 1.165) is 17.9 Å². The second-order valence-electron chi connectivity index (χ2n) is 6.72. The van der Waals surface area contributed by atoms with Crippen LogP contribution in [0.25, 0.3) is 0 Å². The summed E-state index contributed by atoms with van der Waals surface area (Å²) in [6, 6.07) is 4.03. The van der Waals surface area contributed by atoms with E-state index in [9.17, 15) is 14.7 Å². The van der Waals surface area contributed by atoms with Crippen LogP contribution in [0.4, 0.5) is 0 Å². The van der Waals surface area contributed by atoms with Gasteiger partial charge in [-0.15, -0.1) is 0 Å². The van der Waals surface area contributed by atoms with Crippen LogP contribution < -0.4 is 0 Å². The van der Waals surface area contributed by atoms with Crippen molar-refractivity contribution in [3.05, 3.63) is 46.7 Å². The Hall–Kier alpha value is -2.87. The van der Waals surface area contributed by atoms with Crippen LogP contribution >= 0.6 is 0 Å². The molecule has 8 nitrogen and oxygen atoms in total. The Morgan fingerprint density at radius 1 is 1.30 bits per heavy atom. The van der Waals surface area contributed by atoms with Crippen LogP contribution in [0.1, 0.15) is 50.4 Å². The third-order valence-electron chi connectivity index (χ3n) is 4.90. The Morgan fingerprint density at radius 3 is 2.85 bits per heavy atom. The summed E-state index contributed by atoms with van der Waals surface area (Å²) in [5.41, 5.74) is 1.11. The molecule has 4 rings (SSSR count). The highest BCUT2D eigenvalue weighted by Crippen LogP contribution is 2.29. The molecule has 0 bridgehead atoms. The summed E-state index contributed by atoms with van der Waals surface area (Å²) in [5, 5.41) is 9.85. The first-order valence-electron chi connectivity index (χ1n) is 8.83. The largest absolute Gasteiger partial charge is 0.508 e. The number of benzene rings is 1. The maximum Gasteiger partial charge on any atom is 0.338 e. The molecule has 1 saturated heterocycles. The molecule has 2 aromatic rings. The third kappa shape index (κ3) is 3.40. The van der Waals surface area contributed by atoms with Crippen LogP contribution in [0.2, 0.25) is 0 Å². The first-order valence-corrected chi connectivity index (χ1v) is 8.83. The lowest BCUT2D eigenvalue weighted by atomic mass is 10.1. The average Bonchev–Trinajstić information content (AvgIpc) is 3.34. The summed E-state index contributed by atoms with van der Waals surface area (Å²) >= 11 is 0. The molecule has 2 aliphatic heterocycles. The second-order valence-corrected chi connectivity index (χ2v) is 6.72. The predicted molar refractivity (Wildman–Crippen MR) is 92.6 cm³/mol. The lowest BCUT2D eigenvalue weighted by Gasteiger charge is -2.25. The Kier molecular flexibility index (Phi) is 4.57. The molecule has 0 spiro atoms. The molecule has 27 heavy (non-hydrogen) atoms. The SMILES string of the molecule is COC(=O)c1cc(O)cc(C(=O)N2CCc3oc(C4CCOC4)nc3C2)c1. The van der Waals surface area contributed by atoms with Gasteiger partial charge in [0.05, 0.1) is 31.7 Å². The normalized spacial score (nSPS) is 19.0. The number of oxazole rings is 1. The van der Waals surface area contributed by atoms with Crippen molar-refractivity contribution in [3.63, 3.8) is 0 Å². The van der Waals surface area contributed by atoms with Crippen molar-refractivity contribution in [2.45, 2.75) is 25.3 Å². The number of hydrogen-bond acceptors (Lipinski definition) is 7. The van der Waals surface area contributed by atoms with Crippen molar-refractivity contribution in [2.75, 3.05) is 26.9 Å². The van der Waals surface area contributed by atoms with Gasteiger partial charge in [0.15, 0.2) is 5.89 Å². The summed E-state index contributed by atoms with van der Waals surface area (Å²) in [6.45, 7) is 2.13. The monoisotopic (exact) mass is 372 g/mol. The standard InChI is InChI=1S/C19H20N2O6/c1-25-19(24)13-6-12(7-14(22)8-13)18(23)21-4-2-16-15(9-21)20-17(27-16)11-3-5-26-10-11/h6-8,11,22H,2-5,9-10H2,1H3. The fourth-order valence-corrected chi connectivity index (χ4v) is 3.45. The van der Waals surface area contributed by atoms with E-state index in [4.69, 9.17) is 9.15 Å². The number of fused-ring (bicyclic) bond motifs is 1. The molecular weight excluding hydrogens is 352 g/mol. The number of phenols is 1. The lowest BCUT2D eigenvalue weighted by molar-refractivity contribution is 0.0600. The second kappa shape index (κ2) is 7.03. The maximum atomic E-state index is 12.9. The number of carbonyl (C=O) groups excluding carboxylic acids is 2. The number of methoxy groups -OCH3 is 1. The van der Waals surface area contributed by atoms with Crippen molar-refractivity contribution in [3.8, 4) is 5.75 Å². The first-order chi connectivity index (χ1) is 13.0. The van der Waals surface area contributed by atoms with Crippen molar-refractivity contribution in [2.24, 2.45) is 0 Å². The van der Waals surface area contributed by atoms with Crippen LogP contribution in [-0.2, 0) is 22.4 Å². The molecule has 1 fully saturated rings. The number of carbonyl (C=O) groups is 2. The smallest absolute Gasteiger partial charge is 0.338 e. The quantitative estimate of drug-likeness (QED) is 0.821. The van der Waals surface area contributed by atoms with Crippen molar-refractivity contribution >= 4 is 11.9 Å². The van der Waals surface area contributed by atoms with Crippen LogP contribution in [0.15, 0.2) is 22.6 Å². The zero-order chi connectivity index (χ0) is 19.0. The van der Waals surface area contributed by atoms with Gasteiger partial charge in [0.25, 0.3) is 5.91 Å². The van der Waals surface area contributed by atoms with E-state index in [1.165, 1.54) is 25.3 Å². The summed E-state index contributed by atoms with van der Waals surface area (Å²) < 4.78 is 15.9. The molecule has 1 atom stereocenters. The molecule has 0 saturated carbocycles. The van der Waals surface area contributed by atoms with Crippen molar-refractivity contribution in [1.82, 2.24) is 9.88 Å². The van der Waals surface area contributed by atoms with Gasteiger partial charge in [0.1, 0.15) is 17.2 Å². The van der Waals surface area contributed by atoms with Crippen LogP contribution in [-0.4, -0.2) is 53.7 Å². The summed E-state index contributed by atoms with van der Waals surface area (Å²) in [4.78, 5) is 30.8. The van der Waals surface area contributed by atoms with Crippen LogP contribution in [0.5, 0.6) is 5.75 Å². The molecule has 0 aliphatic carbocycles. The summed E-state index contributed by atoms with van der Waals surface area (Å²) in [7, 11) is 1.25. The van der Waals surface area contributed by atoms with E-state index < -0.39 is 5.97 Å². The maximum absolute atomic E-state index is 12.9. The topological polar surface area (TPSA) is 102 Å². The molecule has 8 heteroatoms. The highest BCUT2D eigenvalue weighted by Gasteiger charge is 2.30. The molecule has 3 heterocycles. The van der Waals surface area contributed by atoms with E-state index in [-0.39, 0.29) is 28.7 Å². The minimum atomic E-state index is -0.610. The van der Waals surface area contributed by atoms with Gasteiger partial charge >= 0.3 is 5.97 Å². The van der Waals surface area contributed by atoms with Crippen molar-refractivity contribution in [1.29, 1.82) is 0 Å². The van der Waals surface area contributed by atoms with Crippen LogP contribution in [0.3, 0.4) is 0 Å². The highest BCUT2D eigenvalue weighted by atomic mass is 16.5. The van der Waals surface area contributed by atoms with E-state index in [0.29, 0.717) is 38.6 Å². The van der Waals surface area contributed by atoms with Crippen LogP contribution in [0, 0.1) is 0 Å². The zero-order valence-electron chi connectivity index (χ0n) is 14.9. The van der Waals surface area contributed by atoms with E-state index in [2.05, 4.69) is 9.72 Å². The lowest BCUT2D eigenvalue weighted by Crippen LogP contribution is -2.35. The molecule has 0 radical (unpaired) electrons. The molecule has 142 valence electrons. The minimum absolute atomic E-state index is 0.128. The minimum Gasteiger partial charge on any atom is -0.508 e. The summed E-state index contributed by atoms with van der Waals surface area (Å²) in [5.74, 6) is 0.609. The third-order valence-corrected chi connectivity index (χ3v) is 4.90. The molecule has 1 aromatic carbocycles. The number of aromatic hydroxyl groups is 1. The number of aromatic nitrogens is 1. The van der Waals surface area contributed by atoms with Gasteiger partial charge in [0, 0.05) is 25.1 Å². The van der Waals surface area contributed by atoms with Gasteiger partial charge in [-0.3, -0.25) is 4.79 Å². The number of ether oxygens (including phenoxy) is 2. The Bertz CT molecular complexity index is 884. The molecule has 1 aromatic heterocycles.